The fourth-order valence-electron chi connectivity index (χ4n) is 5.58. The summed E-state index contributed by atoms with van der Waals surface area (Å²) in [6, 6.07) is 0. The Morgan fingerprint density at radius 1 is 0.513 bits per heavy atom. The quantitative estimate of drug-likeness (QED) is 0.00667. The summed E-state index contributed by atoms with van der Waals surface area (Å²) in [6.07, 6.45) is 10.1. The Hall–Kier alpha value is -14.9. The Labute approximate surface area is 637 Å². The number of carbonyl (C=O) groups is 8. The van der Waals surface area contributed by atoms with Crippen LogP contribution in [0.1, 0.15) is 93.6 Å². The third-order valence-corrected chi connectivity index (χ3v) is 13.0. The SMILES string of the molecule is CN(c1n[nH]nc1C(=O)O)S(C)(=O)=O.NC(=O)c1cn[nH]n1.NC(=O)c1n[nH]nc1C(=O)O.O=C(O)C(=O)Cc1cn[nH]n1.O=C(O)Nc1cn[nH]n1.O=C(O)Nc1cn[nH]n1.O=P(O)(O)Cc1cn[nH]n1.OCC(O)c1cn[nH]n1.OCCc1cn[nH]n1.OCc1cn[nH]n1.OCc1n[nH]nc1CO.OOOSCc1cn[nH]n1. The molecule has 115 heavy (non-hydrogen) atoms. The van der Waals surface area contributed by atoms with E-state index in [1.165, 1.54) is 50.4 Å². The van der Waals surface area contributed by atoms with Crippen molar-refractivity contribution in [3.05, 3.63) is 124 Å². The second kappa shape index (κ2) is 55.5. The summed E-state index contributed by atoms with van der Waals surface area (Å²) in [4.78, 5) is 98.5. The average molecular weight is 1700 g/mol. The molecule has 12 aromatic heterocycles. The average Bonchev–Trinajstić information content (AvgIpc) is 1.72. The third kappa shape index (κ3) is 44.4. The first kappa shape index (κ1) is 98.1. The molecule has 0 fully saturated rings. The molecule has 12 heterocycles. The van der Waals surface area contributed by atoms with Gasteiger partial charge in [0.15, 0.2) is 28.8 Å². The minimum atomic E-state index is -3.98. The second-order valence-electron chi connectivity index (χ2n) is 18.7. The molecule has 12 rings (SSSR count). The van der Waals surface area contributed by atoms with Crippen molar-refractivity contribution in [2.45, 2.75) is 50.7 Å². The molecule has 0 radical (unpaired) electrons. The molecule has 0 bridgehead atoms. The van der Waals surface area contributed by atoms with Gasteiger partial charge in [0, 0.05) is 32.1 Å². The van der Waals surface area contributed by atoms with E-state index in [0.717, 1.165) is 34.0 Å². The molecule has 0 saturated carbocycles. The first-order valence-electron chi connectivity index (χ1n) is 29.1. The summed E-state index contributed by atoms with van der Waals surface area (Å²) in [5.74, 6) is -5.89. The van der Waals surface area contributed by atoms with Gasteiger partial charge in [-0.3, -0.25) is 33.9 Å². The van der Waals surface area contributed by atoms with Gasteiger partial charge in [-0.2, -0.15) is 154 Å². The molecule has 32 N–H and O–H groups in total. The van der Waals surface area contributed by atoms with Crippen LogP contribution < -0.4 is 26.4 Å². The van der Waals surface area contributed by atoms with Gasteiger partial charge in [0.1, 0.15) is 28.9 Å². The van der Waals surface area contributed by atoms with Crippen LogP contribution in [0.5, 0.6) is 0 Å². The van der Waals surface area contributed by atoms with Crippen molar-refractivity contribution in [3.8, 4) is 0 Å². The van der Waals surface area contributed by atoms with Crippen molar-refractivity contribution < 1.29 is 132 Å². The van der Waals surface area contributed by atoms with Gasteiger partial charge in [0.05, 0.1) is 130 Å². The zero-order chi connectivity index (χ0) is 86.2. The van der Waals surface area contributed by atoms with Crippen molar-refractivity contribution in [2.75, 3.05) is 41.5 Å². The Morgan fingerprint density at radius 3 is 1.29 bits per heavy atom. The number of aromatic nitrogens is 36. The minimum Gasteiger partial charge on any atom is -0.476 e. The lowest BCUT2D eigenvalue weighted by molar-refractivity contribution is -0.432. The monoisotopic (exact) mass is 1700 g/mol. The number of aliphatic hydroxyl groups excluding tert-OH is 6. The summed E-state index contributed by atoms with van der Waals surface area (Å²) in [5.41, 5.74) is 12.3. The van der Waals surface area contributed by atoms with E-state index in [2.05, 4.69) is 184 Å². The number of anilines is 3. The molecule has 0 saturated heterocycles. The molecule has 12 aromatic rings. The van der Waals surface area contributed by atoms with Crippen LogP contribution >= 0.6 is 19.6 Å². The molecule has 0 aliphatic rings. The topological polar surface area (TPSA) is 1070 Å². The second-order valence-corrected chi connectivity index (χ2v) is 23.0. The van der Waals surface area contributed by atoms with Crippen molar-refractivity contribution in [1.29, 1.82) is 0 Å². The van der Waals surface area contributed by atoms with Gasteiger partial charge < -0.3 is 77.4 Å². The lowest BCUT2D eigenvalue weighted by atomic mass is 10.2. The van der Waals surface area contributed by atoms with Gasteiger partial charge in [-0.25, -0.2) is 37.6 Å². The normalized spacial score (nSPS) is 10.2. The number of aromatic amines is 12. The van der Waals surface area contributed by atoms with Gasteiger partial charge >= 0.3 is 37.7 Å². The van der Waals surface area contributed by atoms with Crippen molar-refractivity contribution in [2.24, 2.45) is 11.5 Å². The Morgan fingerprint density at radius 2 is 0.939 bits per heavy atom. The highest BCUT2D eigenvalue weighted by molar-refractivity contribution is 7.93. The van der Waals surface area contributed by atoms with E-state index < -0.39 is 82.8 Å². The lowest BCUT2D eigenvalue weighted by Crippen LogP contribution is -2.26. The third-order valence-electron chi connectivity index (χ3n) is 10.5. The number of hydrogen-bond donors (Lipinski definition) is 30. The number of aliphatic hydroxyl groups is 6. The minimum absolute atomic E-state index is 0.0451. The summed E-state index contributed by atoms with van der Waals surface area (Å²) in [7, 11) is -6.32. The molecule has 0 aliphatic heterocycles. The van der Waals surface area contributed by atoms with Crippen LogP contribution in [0, 0.1) is 0 Å². The van der Waals surface area contributed by atoms with Crippen LogP contribution in [0.25, 0.3) is 0 Å². The summed E-state index contributed by atoms with van der Waals surface area (Å²) in [6.45, 7) is -0.617. The number of carbonyl (C=O) groups excluding carboxylic acids is 3. The van der Waals surface area contributed by atoms with E-state index in [1.54, 1.807) is 12.4 Å². The predicted molar refractivity (Wildman–Crippen MR) is 363 cm³/mol. The molecule has 68 nitrogen and oxygen atoms in total. The summed E-state index contributed by atoms with van der Waals surface area (Å²) < 4.78 is 37.3. The van der Waals surface area contributed by atoms with E-state index in [4.69, 9.17) is 82.7 Å². The largest absolute Gasteiger partial charge is 0.476 e. The fraction of sp³-hybridized carbons (Fsp3) is 0.273. The maximum Gasteiger partial charge on any atom is 0.410 e. The molecule has 626 valence electrons. The maximum atomic E-state index is 11.1. The van der Waals surface area contributed by atoms with E-state index in [-0.39, 0.29) is 80.2 Å². The number of amides is 4. The Kier molecular flexibility index (Phi) is 47.4. The van der Waals surface area contributed by atoms with Crippen LogP contribution in [0.4, 0.5) is 27.0 Å². The van der Waals surface area contributed by atoms with Crippen LogP contribution in [0.3, 0.4) is 0 Å². The molecule has 0 spiro atoms. The van der Waals surface area contributed by atoms with Crippen LogP contribution in [0.2, 0.25) is 0 Å². The van der Waals surface area contributed by atoms with Crippen molar-refractivity contribution in [1.82, 2.24) is 185 Å². The van der Waals surface area contributed by atoms with Gasteiger partial charge in [0.25, 0.3) is 11.8 Å². The van der Waals surface area contributed by atoms with E-state index >= 15 is 0 Å². The zero-order valence-electron chi connectivity index (χ0n) is 57.8. The van der Waals surface area contributed by atoms with Crippen molar-refractivity contribution >= 4 is 94.8 Å². The number of rotatable bonds is 24. The number of primary amides is 2. The Balaban J connectivity index is 0.000000629. The van der Waals surface area contributed by atoms with Crippen LogP contribution in [-0.2, 0) is 78.1 Å². The highest BCUT2D eigenvalue weighted by Gasteiger charge is 2.24. The molecule has 0 aliphatic carbocycles. The number of aliphatic carboxylic acids is 1. The van der Waals surface area contributed by atoms with E-state index in [1.807, 2.05) is 21.1 Å². The van der Waals surface area contributed by atoms with E-state index in [0.29, 0.717) is 40.6 Å². The molecule has 1 unspecified atom stereocenters. The number of aromatic carboxylic acids is 2. The number of nitrogens with one attached hydrogen (secondary N) is 14. The highest BCUT2D eigenvalue weighted by Crippen LogP contribution is 2.38. The first-order valence-corrected chi connectivity index (χ1v) is 33.7. The molecule has 4 amide bonds. The molecular weight excluding hydrogens is 1630 g/mol. The fourth-order valence-corrected chi connectivity index (χ4v) is 6.95. The maximum absolute atomic E-state index is 11.1. The Bertz CT molecular complexity index is 4610. The van der Waals surface area contributed by atoms with Gasteiger partial charge in [-0.1, -0.05) is 5.04 Å². The number of ketones is 1. The van der Waals surface area contributed by atoms with Crippen molar-refractivity contribution in [3.63, 3.8) is 0 Å². The number of hydrogen-bond acceptors (Lipinski definition) is 45. The zero-order valence-corrected chi connectivity index (χ0v) is 60.3. The van der Waals surface area contributed by atoms with Gasteiger partial charge in [-0.05, 0) is 0 Å². The molecule has 1 atom stereocenters. The van der Waals surface area contributed by atoms with Gasteiger partial charge in [0.2, 0.25) is 27.2 Å². The summed E-state index contributed by atoms with van der Waals surface area (Å²) in [5, 5.41) is 217. The number of sulfonamides is 1. The first-order chi connectivity index (χ1) is 54.6. The number of carboxylic acids is 3. The number of H-pyrrole nitrogens is 12. The smallest absolute Gasteiger partial charge is 0.410 e. The molecule has 71 heteroatoms. The molecular formula is C44H66N41O27PS2. The number of nitrogens with zero attached hydrogens (tertiary/aromatic N) is 25. The number of Topliss-reactive ketones (excluding diaryl/α,β-unsaturated/α-hetero) is 1. The summed E-state index contributed by atoms with van der Waals surface area (Å²) >= 11 is 0.916. The van der Waals surface area contributed by atoms with Crippen LogP contribution in [0.15, 0.2) is 55.8 Å². The standard InChI is InChI=1S/C5H8N4O4S.C5H5N3O3.C4H4N4O3.2C4H7N3O2.C4H7N3O.2C3H4N4O2.C3H4N4O.C3H6N3O3P.C3H5N3O3S.C3H5N3O/c1-9(14(2,12)13)4-3(5(10)11)6-8-7-4;9-4(5(10)11)1-3-2-6-8-7-3;5-3(9)1-2(4(10)11)7-8-6-1;8-1-3-4(2-9)6-7-5-3;8-2-4(9)3-1-5-7-6-3;8-2-1-4-3-5-7-6-4;2*8-3(9)5-2-1-4-7-6-2;4-3(8)2-1-5-7-6-2;7-10(8,9)2-3-1-4-6-5-3;7-8-9-10-2-3-1-4-6-5-3;7-2-3-1-4-6-5-3/h1-2H3,(H,10,11)(H,6,7,8);2H,1H2,(H,10,11)(H,6,7,8);(H2,5,9)(H,10,11)(H,6,7,8);8-9H,1-2H2,(H,5,6,7);1,4,8-9H,2H2,(H,5,6,7);3,8H,1-2H2,(H,5,6,7);2*1H,(H,8,9)(H2,4,5,6,7);1H,(H2,4,8)(H,5,6,7);1H,2H2,(H,4,5,6)(H2,7,8,9);1,7H,2H2,(H,4,5,6);1,7H,2H2,(H,4,5,6). The van der Waals surface area contributed by atoms with Gasteiger partial charge in [-0.15, -0.1) is 34.9 Å². The molecule has 0 aromatic carbocycles. The lowest BCUT2D eigenvalue weighted by Gasteiger charge is -2.12. The highest BCUT2D eigenvalue weighted by atomic mass is 32.2. The predicted octanol–water partition coefficient (Wildman–Crippen LogP) is -8.69. The number of carboxylic acid groups (broad SMARTS) is 5. The van der Waals surface area contributed by atoms with Crippen LogP contribution in [-0.4, -0.2) is 339 Å². The van der Waals surface area contributed by atoms with E-state index in [9.17, 15) is 51.3 Å². The number of nitrogens with two attached hydrogens (primary N) is 2.